The van der Waals surface area contributed by atoms with E-state index in [1.807, 2.05) is 0 Å². The van der Waals surface area contributed by atoms with E-state index >= 15 is 0 Å². The molecule has 0 N–H and O–H groups in total. The summed E-state index contributed by atoms with van der Waals surface area (Å²) in [6.45, 7) is 14.8. The Kier molecular flexibility index (Phi) is 2.60. The summed E-state index contributed by atoms with van der Waals surface area (Å²) in [6, 6.07) is 2.24. The highest BCUT2D eigenvalue weighted by atomic mass is 14.1. The minimum atomic E-state index is 1.16. The summed E-state index contributed by atoms with van der Waals surface area (Å²) in [5.74, 6) is 0. The van der Waals surface area contributed by atoms with Crippen LogP contribution in [0.15, 0.2) is 12.6 Å². The Balaban J connectivity index is 3.53. The number of benzene rings is 1. The number of rotatable bonds is 1. The van der Waals surface area contributed by atoms with Gasteiger partial charge in [0.25, 0.3) is 0 Å². The highest BCUT2D eigenvalue weighted by molar-refractivity contribution is 5.69. The molecule has 0 unspecified atom stereocenters. The summed E-state index contributed by atoms with van der Waals surface area (Å²) in [4.78, 5) is 0. The van der Waals surface area contributed by atoms with Gasteiger partial charge in [-0.1, -0.05) is 18.2 Å². The summed E-state index contributed by atoms with van der Waals surface area (Å²) in [5, 5.41) is 0. The lowest BCUT2D eigenvalue weighted by Crippen LogP contribution is -1.96. The molecule has 0 saturated carbocycles. The highest BCUT2D eigenvalue weighted by Crippen LogP contribution is 2.26. The van der Waals surface area contributed by atoms with Gasteiger partial charge in [0.05, 0.1) is 0 Å². The molecule has 0 bridgehead atoms. The zero-order chi connectivity index (χ0) is 10.2. The first-order valence-corrected chi connectivity index (χ1v) is 4.68. The van der Waals surface area contributed by atoms with Crippen LogP contribution in [0.1, 0.15) is 34.7 Å². The Bertz CT molecular complexity index is 357. The maximum atomic E-state index is 4.02. The maximum absolute atomic E-state index is 4.02. The Morgan fingerprint density at radius 3 is 2.00 bits per heavy atom. The lowest BCUT2D eigenvalue weighted by Gasteiger charge is -2.14. The topological polar surface area (TPSA) is 0 Å². The molecule has 0 heterocycles. The molecular weight excluding hydrogens is 156 g/mol. The van der Waals surface area contributed by atoms with E-state index in [2.05, 4.69) is 47.3 Å². The predicted molar refractivity (Wildman–Crippen MR) is 60.1 cm³/mol. The first kappa shape index (κ1) is 10.0. The second-order valence-corrected chi connectivity index (χ2v) is 3.92. The lowest BCUT2D eigenvalue weighted by molar-refractivity contribution is 1.21. The normalized spacial score (nSPS) is 10.2. The standard InChI is InChI=1S/C13H18/c1-8(2)13-10(4)7-9(3)11(5)12(13)6/h7H,1H2,2-6H3. The van der Waals surface area contributed by atoms with Crippen molar-refractivity contribution in [1.29, 1.82) is 0 Å². The molecule has 0 aliphatic heterocycles. The van der Waals surface area contributed by atoms with E-state index in [4.69, 9.17) is 0 Å². The van der Waals surface area contributed by atoms with Gasteiger partial charge in [-0.15, -0.1) is 0 Å². The summed E-state index contributed by atoms with van der Waals surface area (Å²) in [5.41, 5.74) is 7.99. The molecule has 0 atom stereocenters. The van der Waals surface area contributed by atoms with Crippen LogP contribution in [0.4, 0.5) is 0 Å². The van der Waals surface area contributed by atoms with Crippen molar-refractivity contribution < 1.29 is 0 Å². The molecule has 0 fully saturated rings. The molecule has 70 valence electrons. The molecule has 1 aromatic rings. The van der Waals surface area contributed by atoms with Crippen molar-refractivity contribution in [3.8, 4) is 0 Å². The molecule has 0 spiro atoms. The maximum Gasteiger partial charge on any atom is -0.0172 e. The molecular formula is C13H18. The Morgan fingerprint density at radius 2 is 1.54 bits per heavy atom. The van der Waals surface area contributed by atoms with E-state index in [1.165, 1.54) is 27.8 Å². The van der Waals surface area contributed by atoms with Crippen LogP contribution in [0.3, 0.4) is 0 Å². The Labute approximate surface area is 81.3 Å². The minimum Gasteiger partial charge on any atom is -0.0955 e. The van der Waals surface area contributed by atoms with Crippen LogP contribution in [0.2, 0.25) is 0 Å². The van der Waals surface area contributed by atoms with Gasteiger partial charge >= 0.3 is 0 Å². The van der Waals surface area contributed by atoms with Crippen molar-refractivity contribution >= 4 is 5.57 Å². The quantitative estimate of drug-likeness (QED) is 0.604. The van der Waals surface area contributed by atoms with E-state index < -0.39 is 0 Å². The molecule has 0 amide bonds. The van der Waals surface area contributed by atoms with Crippen molar-refractivity contribution in [2.75, 3.05) is 0 Å². The van der Waals surface area contributed by atoms with Gasteiger partial charge in [0, 0.05) is 0 Å². The monoisotopic (exact) mass is 174 g/mol. The van der Waals surface area contributed by atoms with Gasteiger partial charge in [0.15, 0.2) is 0 Å². The fraction of sp³-hybridized carbons (Fsp3) is 0.385. The highest BCUT2D eigenvalue weighted by Gasteiger charge is 2.07. The second-order valence-electron chi connectivity index (χ2n) is 3.92. The van der Waals surface area contributed by atoms with Crippen molar-refractivity contribution in [1.82, 2.24) is 0 Å². The number of allylic oxidation sites excluding steroid dienone is 1. The van der Waals surface area contributed by atoms with E-state index in [0.29, 0.717) is 0 Å². The van der Waals surface area contributed by atoms with E-state index in [-0.39, 0.29) is 0 Å². The molecule has 13 heavy (non-hydrogen) atoms. The fourth-order valence-corrected chi connectivity index (χ4v) is 1.94. The second kappa shape index (κ2) is 3.37. The Morgan fingerprint density at radius 1 is 1.00 bits per heavy atom. The number of aryl methyl sites for hydroxylation is 2. The van der Waals surface area contributed by atoms with Gasteiger partial charge in [-0.3, -0.25) is 0 Å². The molecule has 0 aliphatic rings. The number of hydrogen-bond donors (Lipinski definition) is 0. The SMILES string of the molecule is C=C(C)c1c(C)cc(C)c(C)c1C. The molecule has 1 rings (SSSR count). The van der Waals surface area contributed by atoms with Gasteiger partial charge in [-0.2, -0.15) is 0 Å². The third-order valence-electron chi connectivity index (χ3n) is 2.78. The molecule has 0 radical (unpaired) electrons. The van der Waals surface area contributed by atoms with E-state index in [1.54, 1.807) is 0 Å². The summed E-state index contributed by atoms with van der Waals surface area (Å²) < 4.78 is 0. The van der Waals surface area contributed by atoms with Gasteiger partial charge in [-0.05, 0) is 62.4 Å². The van der Waals surface area contributed by atoms with Crippen LogP contribution >= 0.6 is 0 Å². The average Bonchev–Trinajstić information content (AvgIpc) is 1.99. The van der Waals surface area contributed by atoms with Crippen molar-refractivity contribution in [2.24, 2.45) is 0 Å². The Hall–Kier alpha value is -1.04. The van der Waals surface area contributed by atoms with E-state index in [9.17, 15) is 0 Å². The molecule has 0 heteroatoms. The average molecular weight is 174 g/mol. The first-order chi connectivity index (χ1) is 5.95. The summed E-state index contributed by atoms with van der Waals surface area (Å²) >= 11 is 0. The lowest BCUT2D eigenvalue weighted by atomic mass is 9.91. The molecule has 0 saturated heterocycles. The smallest absolute Gasteiger partial charge is 0.0172 e. The number of hydrogen-bond acceptors (Lipinski definition) is 0. The van der Waals surface area contributed by atoms with Gasteiger partial charge in [-0.25, -0.2) is 0 Å². The van der Waals surface area contributed by atoms with E-state index in [0.717, 1.165) is 5.57 Å². The molecule has 0 aliphatic carbocycles. The first-order valence-electron chi connectivity index (χ1n) is 4.68. The molecule has 0 nitrogen and oxygen atoms in total. The largest absolute Gasteiger partial charge is 0.0955 e. The van der Waals surface area contributed by atoms with Crippen LogP contribution in [0.5, 0.6) is 0 Å². The molecule has 1 aromatic carbocycles. The summed E-state index contributed by atoms with van der Waals surface area (Å²) in [7, 11) is 0. The predicted octanol–water partition coefficient (Wildman–Crippen LogP) is 3.95. The third kappa shape index (κ3) is 1.67. The molecule has 0 aromatic heterocycles. The van der Waals surface area contributed by atoms with Crippen LogP contribution in [-0.4, -0.2) is 0 Å². The van der Waals surface area contributed by atoms with Crippen molar-refractivity contribution in [3.63, 3.8) is 0 Å². The van der Waals surface area contributed by atoms with Crippen molar-refractivity contribution in [2.45, 2.75) is 34.6 Å². The third-order valence-corrected chi connectivity index (χ3v) is 2.78. The van der Waals surface area contributed by atoms with Gasteiger partial charge in [0.2, 0.25) is 0 Å². The van der Waals surface area contributed by atoms with Gasteiger partial charge < -0.3 is 0 Å². The zero-order valence-electron chi connectivity index (χ0n) is 9.28. The minimum absolute atomic E-state index is 1.16. The van der Waals surface area contributed by atoms with Crippen LogP contribution < -0.4 is 0 Å². The summed E-state index contributed by atoms with van der Waals surface area (Å²) in [6.07, 6.45) is 0. The van der Waals surface area contributed by atoms with Crippen molar-refractivity contribution in [3.05, 3.63) is 40.5 Å². The van der Waals surface area contributed by atoms with Crippen LogP contribution in [-0.2, 0) is 0 Å². The van der Waals surface area contributed by atoms with Gasteiger partial charge in [0.1, 0.15) is 0 Å². The van der Waals surface area contributed by atoms with Crippen LogP contribution in [0, 0.1) is 27.7 Å². The zero-order valence-corrected chi connectivity index (χ0v) is 9.28. The van der Waals surface area contributed by atoms with Crippen LogP contribution in [0.25, 0.3) is 5.57 Å². The fourth-order valence-electron chi connectivity index (χ4n) is 1.94.